The highest BCUT2D eigenvalue weighted by Crippen LogP contribution is 2.23. The van der Waals surface area contributed by atoms with Gasteiger partial charge in [-0.1, -0.05) is 24.6 Å². The molecular weight excluding hydrogens is 242 g/mol. The Morgan fingerprint density at radius 3 is 2.68 bits per heavy atom. The molecule has 0 spiro atoms. The Bertz CT molecular complexity index is 498. The Hall–Kier alpha value is -1.84. The van der Waals surface area contributed by atoms with Crippen molar-refractivity contribution in [1.29, 1.82) is 0 Å². The van der Waals surface area contributed by atoms with Crippen molar-refractivity contribution in [3.05, 3.63) is 35.4 Å². The number of piperidine rings is 1. The van der Waals surface area contributed by atoms with Crippen LogP contribution in [0, 0.1) is 18.8 Å². The Balaban J connectivity index is 2.16. The Morgan fingerprint density at radius 1 is 1.32 bits per heavy atom. The van der Waals surface area contributed by atoms with E-state index in [1.165, 1.54) is 0 Å². The molecule has 1 saturated heterocycles. The first-order valence-corrected chi connectivity index (χ1v) is 6.56. The number of likely N-dealkylation sites (tertiary alicyclic amines) is 1. The van der Waals surface area contributed by atoms with E-state index in [4.69, 9.17) is 5.11 Å². The van der Waals surface area contributed by atoms with Crippen LogP contribution >= 0.6 is 0 Å². The Morgan fingerprint density at radius 2 is 2.05 bits per heavy atom. The van der Waals surface area contributed by atoms with Gasteiger partial charge in [-0.25, -0.2) is 0 Å². The monoisotopic (exact) mass is 261 g/mol. The van der Waals surface area contributed by atoms with Crippen molar-refractivity contribution in [3.8, 4) is 0 Å². The van der Waals surface area contributed by atoms with Crippen LogP contribution in [0.5, 0.6) is 0 Å². The lowest BCUT2D eigenvalue weighted by Crippen LogP contribution is -2.45. The van der Waals surface area contributed by atoms with Crippen molar-refractivity contribution in [2.24, 2.45) is 11.8 Å². The Labute approximate surface area is 113 Å². The predicted molar refractivity (Wildman–Crippen MR) is 72.0 cm³/mol. The molecule has 1 amide bonds. The van der Waals surface area contributed by atoms with Crippen LogP contribution in [0.25, 0.3) is 0 Å². The first kappa shape index (κ1) is 13.6. The van der Waals surface area contributed by atoms with Gasteiger partial charge < -0.3 is 10.0 Å². The SMILES string of the molecule is Cc1cccc(C(=O)N2CC(C)CC(C(=O)O)C2)c1. The number of carboxylic acids is 1. The second-order valence-corrected chi connectivity index (χ2v) is 5.46. The fourth-order valence-corrected chi connectivity index (χ4v) is 2.66. The number of benzene rings is 1. The van der Waals surface area contributed by atoms with E-state index in [2.05, 4.69) is 0 Å². The molecule has 2 atom stereocenters. The van der Waals surface area contributed by atoms with Crippen LogP contribution < -0.4 is 0 Å². The summed E-state index contributed by atoms with van der Waals surface area (Å²) in [6, 6.07) is 7.42. The van der Waals surface area contributed by atoms with Crippen molar-refractivity contribution >= 4 is 11.9 Å². The van der Waals surface area contributed by atoms with Gasteiger partial charge in [0.15, 0.2) is 0 Å². The topological polar surface area (TPSA) is 57.6 Å². The molecule has 1 N–H and O–H groups in total. The lowest BCUT2D eigenvalue weighted by molar-refractivity contribution is -0.143. The number of nitrogens with zero attached hydrogens (tertiary/aromatic N) is 1. The second kappa shape index (κ2) is 5.43. The van der Waals surface area contributed by atoms with Crippen LogP contribution in [-0.2, 0) is 4.79 Å². The third-order valence-corrected chi connectivity index (χ3v) is 3.56. The first-order chi connectivity index (χ1) is 8.97. The molecule has 2 unspecified atom stereocenters. The summed E-state index contributed by atoms with van der Waals surface area (Å²) in [6.45, 7) is 4.88. The maximum atomic E-state index is 12.4. The molecule has 0 aromatic heterocycles. The zero-order chi connectivity index (χ0) is 14.0. The van der Waals surface area contributed by atoms with Crippen molar-refractivity contribution < 1.29 is 14.7 Å². The van der Waals surface area contributed by atoms with Gasteiger partial charge in [-0.2, -0.15) is 0 Å². The molecule has 0 radical (unpaired) electrons. The van der Waals surface area contributed by atoms with Gasteiger partial charge in [0, 0.05) is 18.7 Å². The summed E-state index contributed by atoms with van der Waals surface area (Å²) in [7, 11) is 0. The molecule has 0 aliphatic carbocycles. The first-order valence-electron chi connectivity index (χ1n) is 6.56. The van der Waals surface area contributed by atoms with E-state index in [9.17, 15) is 9.59 Å². The van der Waals surface area contributed by atoms with Crippen LogP contribution in [0.15, 0.2) is 24.3 Å². The standard InChI is InChI=1S/C15H19NO3/c1-10-4-3-5-12(6-10)14(17)16-8-11(2)7-13(9-16)15(18)19/h3-6,11,13H,7-9H2,1-2H3,(H,18,19). The van der Waals surface area contributed by atoms with E-state index < -0.39 is 11.9 Å². The molecule has 1 heterocycles. The van der Waals surface area contributed by atoms with E-state index in [-0.39, 0.29) is 11.8 Å². The average molecular weight is 261 g/mol. The molecule has 102 valence electrons. The molecule has 2 rings (SSSR count). The largest absolute Gasteiger partial charge is 0.481 e. The van der Waals surface area contributed by atoms with Crippen LogP contribution in [-0.4, -0.2) is 35.0 Å². The zero-order valence-corrected chi connectivity index (χ0v) is 11.3. The summed E-state index contributed by atoms with van der Waals surface area (Å²) in [5.74, 6) is -1.10. The highest BCUT2D eigenvalue weighted by atomic mass is 16.4. The van der Waals surface area contributed by atoms with Crippen molar-refractivity contribution in [1.82, 2.24) is 4.90 Å². The number of hydrogen-bond acceptors (Lipinski definition) is 2. The van der Waals surface area contributed by atoms with Crippen LogP contribution in [0.2, 0.25) is 0 Å². The highest BCUT2D eigenvalue weighted by Gasteiger charge is 2.32. The molecule has 19 heavy (non-hydrogen) atoms. The highest BCUT2D eigenvalue weighted by molar-refractivity contribution is 5.94. The van der Waals surface area contributed by atoms with Crippen LogP contribution in [0.1, 0.15) is 29.3 Å². The van der Waals surface area contributed by atoms with Gasteiger partial charge in [0.05, 0.1) is 5.92 Å². The number of carbonyl (C=O) groups is 2. The van der Waals surface area contributed by atoms with Crippen molar-refractivity contribution in [2.45, 2.75) is 20.3 Å². The van der Waals surface area contributed by atoms with Crippen molar-refractivity contribution in [2.75, 3.05) is 13.1 Å². The van der Waals surface area contributed by atoms with Crippen LogP contribution in [0.3, 0.4) is 0 Å². The van der Waals surface area contributed by atoms with Gasteiger partial charge in [0.2, 0.25) is 0 Å². The number of rotatable bonds is 2. The molecule has 4 heteroatoms. The van der Waals surface area contributed by atoms with Crippen LogP contribution in [0.4, 0.5) is 0 Å². The van der Waals surface area contributed by atoms with E-state index in [1.54, 1.807) is 11.0 Å². The number of carbonyl (C=O) groups excluding carboxylic acids is 1. The normalized spacial score (nSPS) is 23.2. The molecule has 1 aromatic carbocycles. The minimum absolute atomic E-state index is 0.0681. The number of aliphatic carboxylic acids is 1. The summed E-state index contributed by atoms with van der Waals surface area (Å²) in [5, 5.41) is 9.13. The number of hydrogen-bond donors (Lipinski definition) is 1. The zero-order valence-electron chi connectivity index (χ0n) is 11.3. The van der Waals surface area contributed by atoms with Gasteiger partial charge in [-0.15, -0.1) is 0 Å². The molecule has 1 aliphatic heterocycles. The molecule has 1 aromatic rings. The second-order valence-electron chi connectivity index (χ2n) is 5.46. The van der Waals surface area contributed by atoms with Gasteiger partial charge in [-0.05, 0) is 31.4 Å². The molecule has 1 aliphatic rings. The van der Waals surface area contributed by atoms with E-state index >= 15 is 0 Å². The average Bonchev–Trinajstić information content (AvgIpc) is 2.37. The summed E-state index contributed by atoms with van der Waals surface area (Å²) >= 11 is 0. The number of amides is 1. The lowest BCUT2D eigenvalue weighted by atomic mass is 9.90. The summed E-state index contributed by atoms with van der Waals surface area (Å²) in [6.07, 6.45) is 0.646. The molecule has 0 saturated carbocycles. The Kier molecular flexibility index (Phi) is 3.88. The lowest BCUT2D eigenvalue weighted by Gasteiger charge is -2.34. The molecular formula is C15H19NO3. The smallest absolute Gasteiger partial charge is 0.308 e. The molecule has 0 bridgehead atoms. The summed E-state index contributed by atoms with van der Waals surface area (Å²) in [5.41, 5.74) is 1.67. The summed E-state index contributed by atoms with van der Waals surface area (Å²) in [4.78, 5) is 25.2. The molecule has 1 fully saturated rings. The third kappa shape index (κ3) is 3.13. The van der Waals surface area contributed by atoms with E-state index in [0.29, 0.717) is 25.1 Å². The van der Waals surface area contributed by atoms with Gasteiger partial charge in [-0.3, -0.25) is 9.59 Å². The quantitative estimate of drug-likeness (QED) is 0.887. The van der Waals surface area contributed by atoms with E-state index in [1.807, 2.05) is 32.0 Å². The number of aryl methyl sites for hydroxylation is 1. The third-order valence-electron chi connectivity index (χ3n) is 3.56. The summed E-state index contributed by atoms with van der Waals surface area (Å²) < 4.78 is 0. The fourth-order valence-electron chi connectivity index (χ4n) is 2.66. The van der Waals surface area contributed by atoms with Gasteiger partial charge in [0.25, 0.3) is 5.91 Å². The fraction of sp³-hybridized carbons (Fsp3) is 0.467. The van der Waals surface area contributed by atoms with Crippen molar-refractivity contribution in [3.63, 3.8) is 0 Å². The number of carboxylic acid groups (broad SMARTS) is 1. The predicted octanol–water partition coefficient (Wildman–Crippen LogP) is 2.18. The minimum Gasteiger partial charge on any atom is -0.481 e. The van der Waals surface area contributed by atoms with Gasteiger partial charge >= 0.3 is 5.97 Å². The van der Waals surface area contributed by atoms with Gasteiger partial charge in [0.1, 0.15) is 0 Å². The molecule has 4 nitrogen and oxygen atoms in total. The minimum atomic E-state index is -0.811. The maximum absolute atomic E-state index is 12.4. The van der Waals surface area contributed by atoms with E-state index in [0.717, 1.165) is 5.56 Å². The maximum Gasteiger partial charge on any atom is 0.308 e.